The number of nitrogens with one attached hydrogen (secondary N) is 2. The lowest BCUT2D eigenvalue weighted by atomic mass is 9.43. The number of nitrogens with zero attached hydrogens (tertiary/aromatic N) is 1. The highest BCUT2D eigenvalue weighted by atomic mass is 16.4. The molecule has 4 saturated carbocycles. The number of hydrogen-bond donors (Lipinski definition) is 4. The van der Waals surface area contributed by atoms with E-state index >= 15 is 0 Å². The molecule has 4 aliphatic carbocycles. The van der Waals surface area contributed by atoms with Gasteiger partial charge in [-0.2, -0.15) is 4.91 Å². The highest BCUT2D eigenvalue weighted by Crippen LogP contribution is 2.68. The van der Waals surface area contributed by atoms with Crippen LogP contribution in [0.3, 0.4) is 0 Å². The van der Waals surface area contributed by atoms with Crippen molar-refractivity contribution in [2.75, 3.05) is 26.2 Å². The van der Waals surface area contributed by atoms with Gasteiger partial charge in [-0.05, 0) is 150 Å². The fourth-order valence-electron chi connectivity index (χ4n) is 10.1. The first-order valence-electron chi connectivity index (χ1n) is 15.9. The molecule has 5 N–H and O–H groups in total. The highest BCUT2D eigenvalue weighted by Gasteiger charge is 2.63. The average Bonchev–Trinajstić information content (AvgIpc) is 3.25. The van der Waals surface area contributed by atoms with E-state index in [4.69, 9.17) is 5.73 Å². The Morgan fingerprint density at radius 3 is 2.47 bits per heavy atom. The summed E-state index contributed by atoms with van der Waals surface area (Å²) in [5.41, 5.74) is 6.12. The van der Waals surface area contributed by atoms with Crippen LogP contribution in [0, 0.1) is 51.2 Å². The Kier molecular flexibility index (Phi) is 10.3. The summed E-state index contributed by atoms with van der Waals surface area (Å²) in [5.74, 6) is 2.48. The Balaban J connectivity index is 1.35. The molecule has 0 amide bonds. The molecular weight excluding hydrogens is 476 g/mol. The molecule has 0 aromatic heterocycles. The van der Waals surface area contributed by atoms with E-state index < -0.39 is 5.97 Å². The molecule has 0 radical (unpaired) electrons. The van der Waals surface area contributed by atoms with Crippen molar-refractivity contribution in [1.29, 1.82) is 0 Å². The summed E-state index contributed by atoms with van der Waals surface area (Å²) < 4.78 is 0. The maximum absolute atomic E-state index is 12.4. The Bertz CT molecular complexity index is 795. The van der Waals surface area contributed by atoms with Gasteiger partial charge in [0, 0.05) is 12.5 Å². The number of aliphatic carboxylic acids is 1. The van der Waals surface area contributed by atoms with Crippen LogP contribution in [0.5, 0.6) is 0 Å². The fourth-order valence-corrected chi connectivity index (χ4v) is 10.1. The summed E-state index contributed by atoms with van der Waals surface area (Å²) in [6, 6.07) is 0.515. The SMILES string of the molecule is CC(CCC(=O)O)[C@H]1CCC2C3C(CC[C@@]21C)[C@@]1(C)CCC(NCCCNCCCCN)C[C@@H]1C[C@H]3N=O. The largest absolute Gasteiger partial charge is 0.481 e. The predicted octanol–water partition coefficient (Wildman–Crippen LogP) is 5.57. The minimum absolute atomic E-state index is 0.0488. The summed E-state index contributed by atoms with van der Waals surface area (Å²) in [5, 5.41) is 20.5. The van der Waals surface area contributed by atoms with Crippen LogP contribution in [0.1, 0.15) is 104 Å². The number of carbonyl (C=O) groups is 1. The molecule has 0 heterocycles. The lowest BCUT2D eigenvalue weighted by Crippen LogP contribution is -2.59. The second-order valence-electron chi connectivity index (χ2n) is 14.1. The van der Waals surface area contributed by atoms with Gasteiger partial charge in [-0.15, -0.1) is 0 Å². The quantitative estimate of drug-likeness (QED) is 0.172. The molecule has 0 saturated heterocycles. The highest BCUT2D eigenvalue weighted by molar-refractivity contribution is 5.66. The molecule has 4 aliphatic rings. The molecule has 0 bridgehead atoms. The summed E-state index contributed by atoms with van der Waals surface area (Å²) >= 11 is 0. The molecule has 38 heavy (non-hydrogen) atoms. The van der Waals surface area contributed by atoms with Crippen LogP contribution < -0.4 is 16.4 Å². The number of unbranched alkanes of at least 4 members (excludes halogenated alkanes) is 1. The summed E-state index contributed by atoms with van der Waals surface area (Å²) in [6.45, 7) is 11.3. The first-order valence-corrected chi connectivity index (χ1v) is 15.9. The zero-order chi connectivity index (χ0) is 27.3. The standard InChI is InChI=1S/C31H56N4O3/c1-21(7-10-28(36)37)24-8-9-25-29-26(12-14-31(24,25)3)30(2)13-11-23(19-22(30)20-27(29)35-38)34-18-6-17-33-16-5-4-15-32/h21-27,29,33-34H,4-20,32H2,1-3H3,(H,36,37)/t21?,22-,23?,24-,25?,26?,27-,29?,30+,31-/m1/s1. The molecule has 218 valence electrons. The van der Waals surface area contributed by atoms with E-state index in [1.165, 1.54) is 44.9 Å². The van der Waals surface area contributed by atoms with Crippen molar-refractivity contribution in [2.24, 2.45) is 57.2 Å². The van der Waals surface area contributed by atoms with Crippen molar-refractivity contribution >= 4 is 5.97 Å². The van der Waals surface area contributed by atoms with Crippen LogP contribution in [-0.2, 0) is 4.79 Å². The number of nitroso groups, excluding NO2 is 1. The Morgan fingerprint density at radius 2 is 1.74 bits per heavy atom. The minimum atomic E-state index is -0.684. The van der Waals surface area contributed by atoms with Gasteiger partial charge in [0.2, 0.25) is 0 Å². The van der Waals surface area contributed by atoms with E-state index in [9.17, 15) is 14.8 Å². The molecule has 4 fully saturated rings. The van der Waals surface area contributed by atoms with Crippen molar-refractivity contribution in [3.05, 3.63) is 4.91 Å². The van der Waals surface area contributed by atoms with E-state index in [0.29, 0.717) is 47.0 Å². The third-order valence-corrected chi connectivity index (χ3v) is 12.2. The lowest BCUT2D eigenvalue weighted by Gasteiger charge is -2.62. The maximum Gasteiger partial charge on any atom is 0.303 e. The number of rotatable bonds is 14. The first-order chi connectivity index (χ1) is 18.2. The molecule has 7 nitrogen and oxygen atoms in total. The topological polar surface area (TPSA) is 117 Å². The van der Waals surface area contributed by atoms with Gasteiger partial charge in [-0.3, -0.25) is 4.79 Å². The van der Waals surface area contributed by atoms with Crippen LogP contribution >= 0.6 is 0 Å². The Morgan fingerprint density at radius 1 is 1.00 bits per heavy atom. The van der Waals surface area contributed by atoms with E-state index in [2.05, 4.69) is 36.6 Å². The first kappa shape index (κ1) is 29.9. The third kappa shape index (κ3) is 6.15. The molecule has 0 spiro atoms. The normalized spacial score (nSPS) is 41.1. The van der Waals surface area contributed by atoms with E-state index in [1.54, 1.807) is 0 Å². The second-order valence-corrected chi connectivity index (χ2v) is 14.1. The Labute approximate surface area is 231 Å². The van der Waals surface area contributed by atoms with Crippen molar-refractivity contribution < 1.29 is 9.90 Å². The number of carboxylic acid groups (broad SMARTS) is 1. The molecule has 0 aromatic carbocycles. The molecule has 10 atom stereocenters. The number of nitrogens with two attached hydrogens (primary N) is 1. The fraction of sp³-hybridized carbons (Fsp3) is 0.968. The molecule has 0 aromatic rings. The number of carboxylic acids is 1. The van der Waals surface area contributed by atoms with Gasteiger partial charge < -0.3 is 21.5 Å². The van der Waals surface area contributed by atoms with Crippen LogP contribution in [0.4, 0.5) is 0 Å². The summed E-state index contributed by atoms with van der Waals surface area (Å²) in [4.78, 5) is 23.6. The van der Waals surface area contributed by atoms with E-state index in [0.717, 1.165) is 58.3 Å². The zero-order valence-electron chi connectivity index (χ0n) is 24.4. The third-order valence-electron chi connectivity index (χ3n) is 12.2. The van der Waals surface area contributed by atoms with Crippen molar-refractivity contribution in [1.82, 2.24) is 10.6 Å². The van der Waals surface area contributed by atoms with Crippen LogP contribution in [-0.4, -0.2) is 49.3 Å². The Hall–Kier alpha value is -1.05. The maximum atomic E-state index is 12.4. The van der Waals surface area contributed by atoms with Gasteiger partial charge in [0.15, 0.2) is 0 Å². The van der Waals surface area contributed by atoms with E-state index in [-0.39, 0.29) is 17.9 Å². The molecule has 4 rings (SSSR count). The van der Waals surface area contributed by atoms with Gasteiger partial charge in [0.1, 0.15) is 0 Å². The van der Waals surface area contributed by atoms with Crippen LogP contribution in [0.2, 0.25) is 0 Å². The predicted molar refractivity (Wildman–Crippen MR) is 154 cm³/mol. The van der Waals surface area contributed by atoms with Crippen molar-refractivity contribution in [2.45, 2.75) is 116 Å². The summed E-state index contributed by atoms with van der Waals surface area (Å²) in [7, 11) is 0. The van der Waals surface area contributed by atoms with E-state index in [1.807, 2.05) is 0 Å². The minimum Gasteiger partial charge on any atom is -0.481 e. The lowest BCUT2D eigenvalue weighted by molar-refractivity contribution is -0.138. The molecule has 7 heteroatoms. The molecular formula is C31H56N4O3. The smallest absolute Gasteiger partial charge is 0.303 e. The van der Waals surface area contributed by atoms with Crippen LogP contribution in [0.15, 0.2) is 5.18 Å². The number of hydrogen-bond acceptors (Lipinski definition) is 6. The zero-order valence-corrected chi connectivity index (χ0v) is 24.4. The second kappa shape index (κ2) is 13.1. The van der Waals surface area contributed by atoms with Gasteiger partial charge in [-0.1, -0.05) is 25.9 Å². The van der Waals surface area contributed by atoms with Gasteiger partial charge >= 0.3 is 5.97 Å². The average molecular weight is 533 g/mol. The monoisotopic (exact) mass is 532 g/mol. The van der Waals surface area contributed by atoms with Gasteiger partial charge in [0.05, 0.1) is 6.04 Å². The summed E-state index contributed by atoms with van der Waals surface area (Å²) in [6.07, 6.45) is 13.9. The van der Waals surface area contributed by atoms with Crippen molar-refractivity contribution in [3.8, 4) is 0 Å². The molecule has 5 unspecified atom stereocenters. The number of fused-ring (bicyclic) bond motifs is 5. The van der Waals surface area contributed by atoms with Crippen molar-refractivity contribution in [3.63, 3.8) is 0 Å². The van der Waals surface area contributed by atoms with Crippen LogP contribution in [0.25, 0.3) is 0 Å². The van der Waals surface area contributed by atoms with Gasteiger partial charge in [-0.25, -0.2) is 0 Å². The molecule has 0 aliphatic heterocycles. The van der Waals surface area contributed by atoms with Gasteiger partial charge in [0.25, 0.3) is 0 Å².